The highest BCUT2D eigenvalue weighted by Gasteiger charge is 2.27. The van der Waals surface area contributed by atoms with Gasteiger partial charge in [0.25, 0.3) is 0 Å². The van der Waals surface area contributed by atoms with Crippen LogP contribution in [-0.4, -0.2) is 30.6 Å². The average Bonchev–Trinajstić information content (AvgIpc) is 2.80. The monoisotopic (exact) mass is 156 g/mol. The van der Waals surface area contributed by atoms with Crippen LogP contribution in [-0.2, 0) is 0 Å². The Balaban J connectivity index is 2.10. The molecular formula is C9H20N2. The molecule has 0 aromatic heterocycles. The van der Waals surface area contributed by atoms with Crippen LogP contribution in [0.1, 0.15) is 32.6 Å². The quantitative estimate of drug-likeness (QED) is 0.626. The number of nitrogens with zero attached hydrogens (tertiary/aromatic N) is 1. The molecule has 11 heavy (non-hydrogen) atoms. The maximum absolute atomic E-state index is 5.47. The Kier molecular flexibility index (Phi) is 3.87. The van der Waals surface area contributed by atoms with Gasteiger partial charge in [-0.15, -0.1) is 0 Å². The molecule has 1 aliphatic carbocycles. The summed E-state index contributed by atoms with van der Waals surface area (Å²) in [5.41, 5.74) is 5.47. The van der Waals surface area contributed by atoms with Gasteiger partial charge in [0.05, 0.1) is 0 Å². The molecule has 0 spiro atoms. The van der Waals surface area contributed by atoms with E-state index in [0.717, 1.165) is 19.0 Å². The predicted molar refractivity (Wildman–Crippen MR) is 48.6 cm³/mol. The standard InChI is InChI=1S/C9H20N2/c1-2-7-11(8-3-6-10)9-4-5-9/h9H,2-8,10H2,1H3. The van der Waals surface area contributed by atoms with E-state index in [1.165, 1.54) is 32.4 Å². The molecule has 2 heteroatoms. The second-order valence-electron chi connectivity index (χ2n) is 3.41. The minimum absolute atomic E-state index is 0.840. The summed E-state index contributed by atoms with van der Waals surface area (Å²) in [6, 6.07) is 0.918. The summed E-state index contributed by atoms with van der Waals surface area (Å²) in [6.07, 6.45) is 5.28. The summed E-state index contributed by atoms with van der Waals surface area (Å²) in [7, 11) is 0. The van der Waals surface area contributed by atoms with Crippen molar-refractivity contribution in [1.82, 2.24) is 4.90 Å². The van der Waals surface area contributed by atoms with Gasteiger partial charge in [-0.2, -0.15) is 0 Å². The van der Waals surface area contributed by atoms with E-state index < -0.39 is 0 Å². The van der Waals surface area contributed by atoms with Crippen LogP contribution in [0.2, 0.25) is 0 Å². The molecule has 0 amide bonds. The summed E-state index contributed by atoms with van der Waals surface area (Å²) in [4.78, 5) is 2.59. The van der Waals surface area contributed by atoms with Crippen LogP contribution in [0.4, 0.5) is 0 Å². The fourth-order valence-electron chi connectivity index (χ4n) is 1.50. The third-order valence-electron chi connectivity index (χ3n) is 2.22. The molecule has 0 aliphatic heterocycles. The highest BCUT2D eigenvalue weighted by molar-refractivity contribution is 4.84. The molecule has 1 fully saturated rings. The Bertz CT molecular complexity index is 99.7. The molecule has 0 aromatic carbocycles. The van der Waals surface area contributed by atoms with Gasteiger partial charge in [-0.25, -0.2) is 0 Å². The van der Waals surface area contributed by atoms with Gasteiger partial charge in [0.1, 0.15) is 0 Å². The van der Waals surface area contributed by atoms with Gasteiger partial charge in [-0.05, 0) is 45.3 Å². The molecule has 0 aromatic rings. The molecule has 0 atom stereocenters. The lowest BCUT2D eigenvalue weighted by Crippen LogP contribution is -2.29. The van der Waals surface area contributed by atoms with E-state index in [-0.39, 0.29) is 0 Å². The zero-order valence-electron chi connectivity index (χ0n) is 7.55. The van der Waals surface area contributed by atoms with Crippen LogP contribution in [0.15, 0.2) is 0 Å². The van der Waals surface area contributed by atoms with E-state index in [0.29, 0.717) is 0 Å². The van der Waals surface area contributed by atoms with Crippen LogP contribution < -0.4 is 5.73 Å². The summed E-state index contributed by atoms with van der Waals surface area (Å²) in [5, 5.41) is 0. The lowest BCUT2D eigenvalue weighted by molar-refractivity contribution is 0.262. The normalized spacial score (nSPS) is 17.7. The van der Waals surface area contributed by atoms with Crippen molar-refractivity contribution in [3.05, 3.63) is 0 Å². The van der Waals surface area contributed by atoms with Crippen molar-refractivity contribution in [1.29, 1.82) is 0 Å². The van der Waals surface area contributed by atoms with Gasteiger partial charge < -0.3 is 10.6 Å². The molecule has 0 bridgehead atoms. The van der Waals surface area contributed by atoms with Crippen LogP contribution in [0.3, 0.4) is 0 Å². The lowest BCUT2D eigenvalue weighted by atomic mass is 10.3. The minimum atomic E-state index is 0.840. The van der Waals surface area contributed by atoms with Crippen molar-refractivity contribution in [2.75, 3.05) is 19.6 Å². The van der Waals surface area contributed by atoms with Gasteiger partial charge in [-0.1, -0.05) is 6.92 Å². The topological polar surface area (TPSA) is 29.3 Å². The maximum Gasteiger partial charge on any atom is 0.00964 e. The highest BCUT2D eigenvalue weighted by Crippen LogP contribution is 2.26. The molecule has 1 aliphatic rings. The molecule has 2 nitrogen and oxygen atoms in total. The van der Waals surface area contributed by atoms with Crippen molar-refractivity contribution in [3.8, 4) is 0 Å². The lowest BCUT2D eigenvalue weighted by Gasteiger charge is -2.20. The minimum Gasteiger partial charge on any atom is -0.330 e. The Morgan fingerprint density at radius 3 is 2.55 bits per heavy atom. The van der Waals surface area contributed by atoms with Crippen LogP contribution >= 0.6 is 0 Å². The number of rotatable bonds is 6. The first-order valence-corrected chi connectivity index (χ1v) is 4.82. The molecule has 66 valence electrons. The van der Waals surface area contributed by atoms with Crippen molar-refractivity contribution >= 4 is 0 Å². The predicted octanol–water partition coefficient (Wildman–Crippen LogP) is 1.21. The van der Waals surface area contributed by atoms with Crippen LogP contribution in [0.25, 0.3) is 0 Å². The van der Waals surface area contributed by atoms with E-state index in [1.807, 2.05) is 0 Å². The van der Waals surface area contributed by atoms with Gasteiger partial charge in [0.15, 0.2) is 0 Å². The molecule has 2 N–H and O–H groups in total. The summed E-state index contributed by atoms with van der Waals surface area (Å²) >= 11 is 0. The smallest absolute Gasteiger partial charge is 0.00964 e. The number of nitrogens with two attached hydrogens (primary N) is 1. The zero-order valence-corrected chi connectivity index (χ0v) is 7.55. The van der Waals surface area contributed by atoms with Gasteiger partial charge in [0, 0.05) is 6.04 Å². The first-order chi connectivity index (χ1) is 5.38. The van der Waals surface area contributed by atoms with Crippen molar-refractivity contribution in [3.63, 3.8) is 0 Å². The summed E-state index contributed by atoms with van der Waals surface area (Å²) in [5.74, 6) is 0. The third-order valence-corrected chi connectivity index (χ3v) is 2.22. The van der Waals surface area contributed by atoms with Crippen LogP contribution in [0.5, 0.6) is 0 Å². The molecule has 1 saturated carbocycles. The van der Waals surface area contributed by atoms with Gasteiger partial charge in [0.2, 0.25) is 0 Å². The van der Waals surface area contributed by atoms with Crippen molar-refractivity contribution < 1.29 is 0 Å². The maximum atomic E-state index is 5.47. The van der Waals surface area contributed by atoms with E-state index in [1.54, 1.807) is 0 Å². The Labute approximate surface area is 69.8 Å². The molecular weight excluding hydrogens is 136 g/mol. The SMILES string of the molecule is CCCN(CCCN)C1CC1. The number of hydrogen-bond donors (Lipinski definition) is 1. The largest absolute Gasteiger partial charge is 0.330 e. The fourth-order valence-corrected chi connectivity index (χ4v) is 1.50. The first-order valence-electron chi connectivity index (χ1n) is 4.82. The van der Waals surface area contributed by atoms with Gasteiger partial charge >= 0.3 is 0 Å². The molecule has 1 rings (SSSR count). The van der Waals surface area contributed by atoms with Gasteiger partial charge in [-0.3, -0.25) is 0 Å². The third kappa shape index (κ3) is 3.21. The Morgan fingerprint density at radius 2 is 2.09 bits per heavy atom. The molecule has 0 unspecified atom stereocenters. The van der Waals surface area contributed by atoms with E-state index in [9.17, 15) is 0 Å². The van der Waals surface area contributed by atoms with Crippen LogP contribution in [0, 0.1) is 0 Å². The first kappa shape index (κ1) is 9.01. The van der Waals surface area contributed by atoms with E-state index >= 15 is 0 Å². The highest BCUT2D eigenvalue weighted by atomic mass is 15.2. The fraction of sp³-hybridized carbons (Fsp3) is 1.00. The van der Waals surface area contributed by atoms with E-state index in [4.69, 9.17) is 5.73 Å². The molecule has 0 saturated heterocycles. The molecule has 0 heterocycles. The second-order valence-corrected chi connectivity index (χ2v) is 3.41. The van der Waals surface area contributed by atoms with Crippen molar-refractivity contribution in [2.45, 2.75) is 38.6 Å². The Morgan fingerprint density at radius 1 is 1.36 bits per heavy atom. The zero-order chi connectivity index (χ0) is 8.10. The van der Waals surface area contributed by atoms with E-state index in [2.05, 4.69) is 11.8 Å². The number of hydrogen-bond acceptors (Lipinski definition) is 2. The summed E-state index contributed by atoms with van der Waals surface area (Å²) < 4.78 is 0. The van der Waals surface area contributed by atoms with Crippen molar-refractivity contribution in [2.24, 2.45) is 5.73 Å². The summed E-state index contributed by atoms with van der Waals surface area (Å²) in [6.45, 7) is 5.57. The Hall–Kier alpha value is -0.0800. The average molecular weight is 156 g/mol. The second kappa shape index (κ2) is 4.73. The molecule has 0 radical (unpaired) electrons.